The second-order valence-electron chi connectivity index (χ2n) is 5.54. The molecule has 2 aliphatic rings. The molecule has 1 saturated carbocycles. The molecule has 18 heavy (non-hydrogen) atoms. The first-order chi connectivity index (χ1) is 8.51. The van der Waals surface area contributed by atoms with Crippen molar-refractivity contribution in [1.82, 2.24) is 5.32 Å². The molecule has 2 N–H and O–H groups in total. The summed E-state index contributed by atoms with van der Waals surface area (Å²) in [4.78, 5) is 22.9. The molecule has 1 atom stereocenters. The second kappa shape index (κ2) is 5.26. The maximum Gasteiger partial charge on any atom is 0.306 e. The van der Waals surface area contributed by atoms with E-state index < -0.39 is 11.6 Å². The molecule has 1 aliphatic carbocycles. The smallest absolute Gasteiger partial charge is 0.306 e. The lowest BCUT2D eigenvalue weighted by Crippen LogP contribution is -2.49. The number of ether oxygens (including phenoxy) is 1. The highest BCUT2D eigenvalue weighted by molar-refractivity contribution is 5.85. The molecule has 1 unspecified atom stereocenters. The zero-order valence-corrected chi connectivity index (χ0v) is 10.8. The predicted molar refractivity (Wildman–Crippen MR) is 65.1 cm³/mol. The Kier molecular flexibility index (Phi) is 3.90. The third-order valence-corrected chi connectivity index (χ3v) is 4.11. The van der Waals surface area contributed by atoms with Crippen LogP contribution in [0.25, 0.3) is 0 Å². The first kappa shape index (κ1) is 13.3. The molecule has 1 saturated heterocycles. The summed E-state index contributed by atoms with van der Waals surface area (Å²) >= 11 is 0. The Bertz CT molecular complexity index is 328. The van der Waals surface area contributed by atoms with Crippen molar-refractivity contribution in [1.29, 1.82) is 0 Å². The average Bonchev–Trinajstić information content (AvgIpc) is 2.78. The Hall–Kier alpha value is -1.10. The number of aliphatic carboxylic acids is 1. The second-order valence-corrected chi connectivity index (χ2v) is 5.54. The van der Waals surface area contributed by atoms with Gasteiger partial charge in [0.05, 0.1) is 5.92 Å². The van der Waals surface area contributed by atoms with Gasteiger partial charge in [-0.15, -0.1) is 0 Å². The molecule has 5 nitrogen and oxygen atoms in total. The van der Waals surface area contributed by atoms with Crippen LogP contribution in [0.1, 0.15) is 45.4 Å². The van der Waals surface area contributed by atoms with Crippen molar-refractivity contribution in [2.24, 2.45) is 5.92 Å². The fourth-order valence-corrected chi connectivity index (χ4v) is 2.78. The number of hydrogen-bond acceptors (Lipinski definition) is 3. The molecular weight excluding hydrogens is 234 g/mol. The summed E-state index contributed by atoms with van der Waals surface area (Å²) in [5, 5.41) is 11.9. The Morgan fingerprint density at radius 1 is 1.28 bits per heavy atom. The normalized spacial score (nSPS) is 36.3. The van der Waals surface area contributed by atoms with Crippen molar-refractivity contribution in [2.45, 2.75) is 57.1 Å². The summed E-state index contributed by atoms with van der Waals surface area (Å²) in [6.07, 6.45) is 4.49. The SMILES string of the molecule is CC1(C(=O)NC2CCC(C(=O)O)CC2)CCCO1. The number of carboxylic acids is 1. The van der Waals surface area contributed by atoms with Gasteiger partial charge in [0, 0.05) is 12.6 Å². The fourth-order valence-electron chi connectivity index (χ4n) is 2.78. The highest BCUT2D eigenvalue weighted by Gasteiger charge is 2.39. The number of carbonyl (C=O) groups is 2. The van der Waals surface area contributed by atoms with Crippen molar-refractivity contribution in [3.8, 4) is 0 Å². The Labute approximate surface area is 107 Å². The van der Waals surface area contributed by atoms with Crippen LogP contribution in [0.2, 0.25) is 0 Å². The lowest BCUT2D eigenvalue weighted by atomic mass is 9.85. The first-order valence-electron chi connectivity index (χ1n) is 6.69. The number of hydrogen-bond donors (Lipinski definition) is 2. The summed E-state index contributed by atoms with van der Waals surface area (Å²) in [7, 11) is 0. The van der Waals surface area contributed by atoms with Crippen LogP contribution in [0.3, 0.4) is 0 Å². The van der Waals surface area contributed by atoms with Gasteiger partial charge >= 0.3 is 5.97 Å². The summed E-state index contributed by atoms with van der Waals surface area (Å²) in [5.74, 6) is -0.999. The molecule has 0 bridgehead atoms. The molecule has 1 heterocycles. The predicted octanol–water partition coefficient (Wildman–Crippen LogP) is 1.32. The topological polar surface area (TPSA) is 75.6 Å². The minimum absolute atomic E-state index is 0.0428. The van der Waals surface area contributed by atoms with E-state index in [4.69, 9.17) is 9.84 Å². The van der Waals surface area contributed by atoms with Gasteiger partial charge < -0.3 is 15.2 Å². The molecule has 0 spiro atoms. The maximum atomic E-state index is 12.1. The van der Waals surface area contributed by atoms with E-state index in [-0.39, 0.29) is 17.9 Å². The molecule has 0 aromatic heterocycles. The number of carboxylic acid groups (broad SMARTS) is 1. The molecular formula is C13H21NO4. The molecule has 0 aromatic rings. The summed E-state index contributed by atoms with van der Waals surface area (Å²) in [6.45, 7) is 2.48. The molecule has 2 rings (SSSR count). The number of nitrogens with one attached hydrogen (secondary N) is 1. The fraction of sp³-hybridized carbons (Fsp3) is 0.846. The molecule has 102 valence electrons. The Morgan fingerprint density at radius 3 is 2.44 bits per heavy atom. The monoisotopic (exact) mass is 255 g/mol. The van der Waals surface area contributed by atoms with Crippen LogP contribution < -0.4 is 5.32 Å². The Balaban J connectivity index is 1.81. The van der Waals surface area contributed by atoms with Crippen LogP contribution in [0.4, 0.5) is 0 Å². The van der Waals surface area contributed by atoms with Crippen LogP contribution in [0.15, 0.2) is 0 Å². The van der Waals surface area contributed by atoms with E-state index in [1.54, 1.807) is 0 Å². The van der Waals surface area contributed by atoms with Gasteiger partial charge in [0.25, 0.3) is 5.91 Å². The number of rotatable bonds is 3. The maximum absolute atomic E-state index is 12.1. The lowest BCUT2D eigenvalue weighted by Gasteiger charge is -2.30. The molecule has 0 aromatic carbocycles. The van der Waals surface area contributed by atoms with Crippen LogP contribution in [0, 0.1) is 5.92 Å². The molecule has 2 fully saturated rings. The standard InChI is InChI=1S/C13H21NO4/c1-13(7-2-8-18-13)12(17)14-10-5-3-9(4-6-10)11(15)16/h9-10H,2-8H2,1H3,(H,14,17)(H,15,16). The summed E-state index contributed by atoms with van der Waals surface area (Å²) < 4.78 is 5.50. The minimum Gasteiger partial charge on any atom is -0.481 e. The zero-order valence-electron chi connectivity index (χ0n) is 10.8. The van der Waals surface area contributed by atoms with Crippen LogP contribution >= 0.6 is 0 Å². The summed E-state index contributed by atoms with van der Waals surface area (Å²) in [5.41, 5.74) is -0.677. The van der Waals surface area contributed by atoms with E-state index in [1.165, 1.54) is 0 Å². The van der Waals surface area contributed by atoms with Crippen molar-refractivity contribution < 1.29 is 19.4 Å². The molecule has 1 amide bonds. The number of carbonyl (C=O) groups excluding carboxylic acids is 1. The third-order valence-electron chi connectivity index (χ3n) is 4.11. The summed E-state index contributed by atoms with van der Waals surface area (Å²) in [6, 6.07) is 0.106. The quantitative estimate of drug-likeness (QED) is 0.797. The molecule has 1 aliphatic heterocycles. The van der Waals surface area contributed by atoms with Crippen molar-refractivity contribution in [2.75, 3.05) is 6.61 Å². The van der Waals surface area contributed by atoms with Gasteiger partial charge in [-0.1, -0.05) is 0 Å². The van der Waals surface area contributed by atoms with E-state index in [2.05, 4.69) is 5.32 Å². The van der Waals surface area contributed by atoms with Gasteiger partial charge in [0.2, 0.25) is 0 Å². The van der Waals surface area contributed by atoms with Crippen LogP contribution in [0.5, 0.6) is 0 Å². The van der Waals surface area contributed by atoms with Crippen LogP contribution in [-0.4, -0.2) is 35.2 Å². The van der Waals surface area contributed by atoms with Gasteiger partial charge in [-0.25, -0.2) is 0 Å². The average molecular weight is 255 g/mol. The highest BCUT2D eigenvalue weighted by Crippen LogP contribution is 2.28. The third kappa shape index (κ3) is 2.83. The van der Waals surface area contributed by atoms with E-state index in [1.807, 2.05) is 6.92 Å². The van der Waals surface area contributed by atoms with Crippen LogP contribution in [-0.2, 0) is 14.3 Å². The number of amides is 1. The van der Waals surface area contributed by atoms with Crippen molar-refractivity contribution in [3.05, 3.63) is 0 Å². The minimum atomic E-state index is -0.717. The molecule has 5 heteroatoms. The van der Waals surface area contributed by atoms with Crippen molar-refractivity contribution in [3.63, 3.8) is 0 Å². The largest absolute Gasteiger partial charge is 0.481 e. The Morgan fingerprint density at radius 2 is 1.94 bits per heavy atom. The molecule has 0 radical (unpaired) electrons. The van der Waals surface area contributed by atoms with E-state index in [9.17, 15) is 9.59 Å². The lowest BCUT2D eigenvalue weighted by molar-refractivity contribution is -0.143. The van der Waals surface area contributed by atoms with E-state index >= 15 is 0 Å². The highest BCUT2D eigenvalue weighted by atomic mass is 16.5. The van der Waals surface area contributed by atoms with E-state index in [0.717, 1.165) is 25.7 Å². The van der Waals surface area contributed by atoms with Gasteiger partial charge in [-0.2, -0.15) is 0 Å². The van der Waals surface area contributed by atoms with E-state index in [0.29, 0.717) is 19.4 Å². The van der Waals surface area contributed by atoms with Gasteiger partial charge in [-0.3, -0.25) is 9.59 Å². The van der Waals surface area contributed by atoms with Gasteiger partial charge in [-0.05, 0) is 45.4 Å². The van der Waals surface area contributed by atoms with Gasteiger partial charge in [0.1, 0.15) is 5.60 Å². The zero-order chi connectivity index (χ0) is 13.2. The first-order valence-corrected chi connectivity index (χ1v) is 6.69. The van der Waals surface area contributed by atoms with Gasteiger partial charge in [0.15, 0.2) is 0 Å². The van der Waals surface area contributed by atoms with Crippen molar-refractivity contribution >= 4 is 11.9 Å².